The second-order valence-electron chi connectivity index (χ2n) is 8.49. The second-order valence-corrected chi connectivity index (χ2v) is 9.97. The van der Waals surface area contributed by atoms with Gasteiger partial charge in [-0.1, -0.05) is 23.7 Å². The van der Waals surface area contributed by atoms with Crippen LogP contribution in [-0.4, -0.2) is 56.2 Å². The van der Waals surface area contributed by atoms with Gasteiger partial charge >= 0.3 is 18.1 Å². The molecular formula is C28H24ClF4N5O5S. The SMILES string of the molecule is CN(Cc1sc2c(F)cccc2c1Cl)C(=O)/C=C/c1ccc(N)nc1.Nc1ccc(C=CC(=O)O)cn1.O=C(O)C(F)(F)F. The minimum Gasteiger partial charge on any atom is -0.478 e. The van der Waals surface area contributed by atoms with Crippen LogP contribution < -0.4 is 11.5 Å². The molecule has 4 aromatic rings. The van der Waals surface area contributed by atoms with E-state index in [4.69, 9.17) is 38.1 Å². The highest BCUT2D eigenvalue weighted by molar-refractivity contribution is 7.19. The molecule has 0 aliphatic heterocycles. The molecule has 0 atom stereocenters. The molecule has 0 unspecified atom stereocenters. The lowest BCUT2D eigenvalue weighted by atomic mass is 10.2. The number of nitrogens with two attached hydrogens (primary N) is 2. The number of nitrogen functional groups attached to an aromatic ring is 2. The third-order valence-electron chi connectivity index (χ3n) is 5.13. The molecule has 0 aliphatic rings. The highest BCUT2D eigenvalue weighted by Gasteiger charge is 2.38. The molecule has 232 valence electrons. The first-order chi connectivity index (χ1) is 20.6. The maximum Gasteiger partial charge on any atom is 0.490 e. The van der Waals surface area contributed by atoms with Crippen LogP contribution in [0.2, 0.25) is 5.02 Å². The lowest BCUT2D eigenvalue weighted by molar-refractivity contribution is -0.192. The fourth-order valence-electron chi connectivity index (χ4n) is 2.99. The predicted octanol–water partition coefficient (Wildman–Crippen LogP) is 5.74. The molecule has 6 N–H and O–H groups in total. The summed E-state index contributed by atoms with van der Waals surface area (Å²) in [4.78, 5) is 41.3. The van der Waals surface area contributed by atoms with E-state index in [2.05, 4.69) is 9.97 Å². The number of hydrogen-bond donors (Lipinski definition) is 4. The first-order valence-electron chi connectivity index (χ1n) is 12.0. The molecular weight excluding hydrogens is 630 g/mol. The fourth-order valence-corrected chi connectivity index (χ4v) is 4.53. The monoisotopic (exact) mass is 653 g/mol. The molecule has 16 heteroatoms. The van der Waals surface area contributed by atoms with Gasteiger partial charge in [0.15, 0.2) is 0 Å². The molecule has 3 aromatic heterocycles. The number of alkyl halides is 3. The zero-order valence-corrected chi connectivity index (χ0v) is 24.2. The molecule has 1 aromatic carbocycles. The number of nitrogens with zero attached hydrogens (tertiary/aromatic N) is 3. The lowest BCUT2D eigenvalue weighted by Crippen LogP contribution is -2.23. The molecule has 0 spiro atoms. The maximum atomic E-state index is 13.9. The minimum absolute atomic E-state index is 0.189. The van der Waals surface area contributed by atoms with Gasteiger partial charge in [-0.25, -0.2) is 23.9 Å². The summed E-state index contributed by atoms with van der Waals surface area (Å²) in [6.45, 7) is 0.306. The molecule has 10 nitrogen and oxygen atoms in total. The number of likely N-dealkylation sites (N-methyl/N-ethyl adjacent to an activating group) is 1. The standard InChI is InChI=1S/C18H15ClFN3OS.C8H8N2O2.C2HF3O2/c1-23(16(24)8-6-11-5-7-15(21)22-9-11)10-14-17(19)12-3-2-4-13(20)18(12)25-14;9-7-3-1-6(5-10-7)2-4-8(11)12;3-2(4,5)1(6)7/h2-9H,10H2,1H3,(H2,21,22);1-5H,(H2,9,10)(H,11,12);(H,6,7)/b8-6+;;. The second kappa shape index (κ2) is 16.0. The number of carboxylic acid groups (broad SMARTS) is 2. The van der Waals surface area contributed by atoms with Gasteiger partial charge in [0.1, 0.15) is 17.5 Å². The smallest absolute Gasteiger partial charge is 0.478 e. The van der Waals surface area contributed by atoms with Gasteiger partial charge in [-0.3, -0.25) is 4.79 Å². The van der Waals surface area contributed by atoms with Gasteiger partial charge in [0.25, 0.3) is 0 Å². The number of carbonyl (C=O) groups is 3. The Morgan fingerprint density at radius 2 is 1.48 bits per heavy atom. The number of halogens is 5. The summed E-state index contributed by atoms with van der Waals surface area (Å²) in [7, 11) is 1.67. The van der Waals surface area contributed by atoms with Crippen molar-refractivity contribution in [2.24, 2.45) is 0 Å². The van der Waals surface area contributed by atoms with Gasteiger partial charge in [-0.15, -0.1) is 11.3 Å². The van der Waals surface area contributed by atoms with E-state index in [1.54, 1.807) is 55.7 Å². The van der Waals surface area contributed by atoms with Crippen molar-refractivity contribution in [3.05, 3.63) is 93.9 Å². The average Bonchev–Trinajstić information content (AvgIpc) is 3.28. The van der Waals surface area contributed by atoms with Crippen molar-refractivity contribution in [2.75, 3.05) is 18.5 Å². The minimum atomic E-state index is -5.08. The number of hydrogen-bond acceptors (Lipinski definition) is 8. The number of carbonyl (C=O) groups excluding carboxylic acids is 1. The number of rotatable bonds is 6. The molecule has 1 amide bonds. The third kappa shape index (κ3) is 11.3. The molecule has 0 saturated heterocycles. The van der Waals surface area contributed by atoms with Gasteiger partial charge in [-0.05, 0) is 53.6 Å². The molecule has 4 rings (SSSR count). The van der Waals surface area contributed by atoms with E-state index in [1.807, 2.05) is 0 Å². The zero-order chi connectivity index (χ0) is 33.0. The molecule has 44 heavy (non-hydrogen) atoms. The quantitative estimate of drug-likeness (QED) is 0.150. The number of aliphatic carboxylic acids is 2. The average molecular weight is 654 g/mol. The predicted molar refractivity (Wildman–Crippen MR) is 160 cm³/mol. The summed E-state index contributed by atoms with van der Waals surface area (Å²) in [6, 6.07) is 11.5. The van der Waals surface area contributed by atoms with E-state index in [9.17, 15) is 27.2 Å². The van der Waals surface area contributed by atoms with E-state index in [-0.39, 0.29) is 11.7 Å². The molecule has 0 radical (unpaired) electrons. The summed E-state index contributed by atoms with van der Waals surface area (Å²) in [6.07, 6.45) is 3.63. The summed E-state index contributed by atoms with van der Waals surface area (Å²) < 4.78 is 46.1. The lowest BCUT2D eigenvalue weighted by Gasteiger charge is -2.14. The fraction of sp³-hybridized carbons (Fsp3) is 0.107. The molecule has 3 heterocycles. The van der Waals surface area contributed by atoms with Crippen LogP contribution >= 0.6 is 22.9 Å². The van der Waals surface area contributed by atoms with E-state index in [0.717, 1.165) is 16.5 Å². The number of anilines is 2. The maximum absolute atomic E-state index is 13.9. The van der Waals surface area contributed by atoms with Crippen LogP contribution in [0.5, 0.6) is 0 Å². The Morgan fingerprint density at radius 3 is 1.91 bits per heavy atom. The number of carboxylic acids is 2. The van der Waals surface area contributed by atoms with Gasteiger partial charge in [0.2, 0.25) is 5.91 Å². The van der Waals surface area contributed by atoms with Crippen molar-refractivity contribution < 1.29 is 42.2 Å². The van der Waals surface area contributed by atoms with Gasteiger partial charge in [0.05, 0.1) is 16.3 Å². The molecule has 0 fully saturated rings. The third-order valence-corrected chi connectivity index (χ3v) is 6.87. The number of fused-ring (bicyclic) bond motifs is 1. The molecule has 0 aliphatic carbocycles. The molecule has 0 saturated carbocycles. The van der Waals surface area contributed by atoms with Crippen LogP contribution in [0.3, 0.4) is 0 Å². The van der Waals surface area contributed by atoms with Crippen molar-refractivity contribution in [1.82, 2.24) is 14.9 Å². The van der Waals surface area contributed by atoms with Crippen molar-refractivity contribution in [3.8, 4) is 0 Å². The number of benzene rings is 1. The van der Waals surface area contributed by atoms with Crippen molar-refractivity contribution in [2.45, 2.75) is 12.7 Å². The Hall–Kier alpha value is -5.02. The summed E-state index contributed by atoms with van der Waals surface area (Å²) in [5, 5.41) is 16.6. The highest BCUT2D eigenvalue weighted by Crippen LogP contribution is 2.37. The van der Waals surface area contributed by atoms with Crippen molar-refractivity contribution in [1.29, 1.82) is 0 Å². The Balaban J connectivity index is 0.000000294. The summed E-state index contributed by atoms with van der Waals surface area (Å²) >= 11 is 7.60. The Morgan fingerprint density at radius 1 is 0.955 bits per heavy atom. The van der Waals surface area contributed by atoms with E-state index < -0.39 is 18.1 Å². The number of aromatic nitrogens is 2. The largest absolute Gasteiger partial charge is 0.490 e. The topological polar surface area (TPSA) is 173 Å². The number of amides is 1. The van der Waals surface area contributed by atoms with Crippen LogP contribution in [0, 0.1) is 5.82 Å². The summed E-state index contributed by atoms with van der Waals surface area (Å²) in [5.74, 6) is -3.39. The summed E-state index contributed by atoms with van der Waals surface area (Å²) in [5.41, 5.74) is 12.3. The van der Waals surface area contributed by atoms with Gasteiger partial charge < -0.3 is 26.6 Å². The van der Waals surface area contributed by atoms with Crippen LogP contribution in [0.4, 0.5) is 29.2 Å². The van der Waals surface area contributed by atoms with Crippen molar-refractivity contribution >= 4 is 74.7 Å². The normalized spacial score (nSPS) is 11.0. The van der Waals surface area contributed by atoms with E-state index in [1.165, 1.54) is 40.7 Å². The molecule has 0 bridgehead atoms. The Bertz CT molecular complexity index is 1660. The van der Waals surface area contributed by atoms with Crippen molar-refractivity contribution in [3.63, 3.8) is 0 Å². The van der Waals surface area contributed by atoms with Gasteiger partial charge in [-0.2, -0.15) is 13.2 Å². The van der Waals surface area contributed by atoms with E-state index >= 15 is 0 Å². The Labute approximate surface area is 256 Å². The van der Waals surface area contributed by atoms with Crippen LogP contribution in [-0.2, 0) is 20.9 Å². The number of thiophene rings is 1. The first kappa shape index (κ1) is 35.2. The highest BCUT2D eigenvalue weighted by atomic mass is 35.5. The Kier molecular flexibility index (Phi) is 12.8. The zero-order valence-electron chi connectivity index (χ0n) is 22.6. The van der Waals surface area contributed by atoms with Crippen LogP contribution in [0.15, 0.2) is 67.0 Å². The number of pyridine rings is 2. The van der Waals surface area contributed by atoms with E-state index in [0.29, 0.717) is 38.9 Å². The van der Waals surface area contributed by atoms with Crippen LogP contribution in [0.25, 0.3) is 22.2 Å². The van der Waals surface area contributed by atoms with Crippen LogP contribution in [0.1, 0.15) is 16.0 Å². The first-order valence-corrected chi connectivity index (χ1v) is 13.2. The van der Waals surface area contributed by atoms with Gasteiger partial charge in [0, 0.05) is 41.9 Å².